The number of sulfonamides is 1. The van der Waals surface area contributed by atoms with Crippen LogP contribution in [0.1, 0.15) is 5.56 Å². The molecule has 6 nitrogen and oxygen atoms in total. The molecule has 0 fully saturated rings. The Hall–Kier alpha value is -1.41. The number of aromatic nitrogens is 3. The van der Waals surface area contributed by atoms with Gasteiger partial charge in [0.05, 0.1) is 6.54 Å². The summed E-state index contributed by atoms with van der Waals surface area (Å²) in [5, 5.41) is 3.99. The van der Waals surface area contributed by atoms with Crippen molar-refractivity contribution in [2.24, 2.45) is 0 Å². The first-order valence-corrected chi connectivity index (χ1v) is 7.84. The largest absolute Gasteiger partial charge is 0.283 e. The highest BCUT2D eigenvalue weighted by atomic mass is 79.9. The Morgan fingerprint density at radius 2 is 2.22 bits per heavy atom. The highest BCUT2D eigenvalue weighted by molar-refractivity contribution is 9.10. The van der Waals surface area contributed by atoms with Gasteiger partial charge in [-0.15, -0.1) is 0 Å². The summed E-state index contributed by atoms with van der Waals surface area (Å²) in [4.78, 5) is 3.85. The zero-order valence-corrected chi connectivity index (χ0v) is 11.7. The summed E-state index contributed by atoms with van der Waals surface area (Å²) in [6.07, 6.45) is 3.06. The molecule has 96 valence electrons. The summed E-state index contributed by atoms with van der Waals surface area (Å²) < 4.78 is 26.8. The average Bonchev–Trinajstić information content (AvgIpc) is 2.82. The van der Waals surface area contributed by atoms with Gasteiger partial charge in [-0.3, -0.25) is 4.72 Å². The van der Waals surface area contributed by atoms with Gasteiger partial charge in [-0.1, -0.05) is 28.1 Å². The molecular weight excluding hydrogens is 320 g/mol. The highest BCUT2D eigenvalue weighted by Crippen LogP contribution is 2.13. The maximum Gasteiger partial charge on any atom is 0.242 e. The monoisotopic (exact) mass is 330 g/mol. The van der Waals surface area contributed by atoms with E-state index in [0.717, 1.165) is 5.56 Å². The Balaban J connectivity index is 2.15. The van der Waals surface area contributed by atoms with Crippen molar-refractivity contribution >= 4 is 31.6 Å². The lowest BCUT2D eigenvalue weighted by Crippen LogP contribution is -2.13. The molecule has 1 heterocycles. The predicted molar refractivity (Wildman–Crippen MR) is 71.9 cm³/mol. The fourth-order valence-corrected chi connectivity index (χ4v) is 2.33. The van der Waals surface area contributed by atoms with Crippen molar-refractivity contribution < 1.29 is 8.42 Å². The molecule has 0 spiro atoms. The molecule has 0 aliphatic heterocycles. The Morgan fingerprint density at radius 3 is 2.89 bits per heavy atom. The van der Waals surface area contributed by atoms with Crippen LogP contribution in [0.3, 0.4) is 0 Å². The van der Waals surface area contributed by atoms with Crippen molar-refractivity contribution in [3.8, 4) is 0 Å². The van der Waals surface area contributed by atoms with E-state index in [4.69, 9.17) is 0 Å². The maximum absolute atomic E-state index is 11.4. The molecular formula is C10H11BrN4O2S. The smallest absolute Gasteiger partial charge is 0.242 e. The molecule has 0 aliphatic carbocycles. The van der Waals surface area contributed by atoms with Gasteiger partial charge < -0.3 is 0 Å². The van der Waals surface area contributed by atoms with Crippen LogP contribution in [0.25, 0.3) is 0 Å². The summed E-state index contributed by atoms with van der Waals surface area (Å²) in [5.41, 5.74) is 1.47. The summed E-state index contributed by atoms with van der Waals surface area (Å²) in [6, 6.07) is 7.15. The molecule has 0 aliphatic rings. The van der Waals surface area contributed by atoms with Crippen molar-refractivity contribution in [1.82, 2.24) is 14.8 Å². The summed E-state index contributed by atoms with van der Waals surface area (Å²) >= 11 is 2.92. The number of benzene rings is 1. The molecule has 0 atom stereocenters. The van der Waals surface area contributed by atoms with Crippen LogP contribution in [0.5, 0.6) is 0 Å². The van der Waals surface area contributed by atoms with Crippen molar-refractivity contribution in [3.63, 3.8) is 0 Å². The zero-order valence-electron chi connectivity index (χ0n) is 9.32. The van der Waals surface area contributed by atoms with Crippen LogP contribution in [0, 0.1) is 0 Å². The number of nitrogens with zero attached hydrogens (tertiary/aromatic N) is 3. The van der Waals surface area contributed by atoms with Crippen LogP contribution >= 0.6 is 15.9 Å². The van der Waals surface area contributed by atoms with Crippen LogP contribution in [0.15, 0.2) is 36.9 Å². The van der Waals surface area contributed by atoms with Crippen molar-refractivity contribution in [2.45, 2.75) is 6.54 Å². The molecule has 18 heavy (non-hydrogen) atoms. The molecule has 8 heteroatoms. The molecule has 0 bridgehead atoms. The number of alkyl halides is 1. The second kappa shape index (κ2) is 5.49. The molecule has 0 saturated heterocycles. The van der Waals surface area contributed by atoms with Crippen LogP contribution in [-0.2, 0) is 16.6 Å². The van der Waals surface area contributed by atoms with E-state index in [9.17, 15) is 8.42 Å². The van der Waals surface area contributed by atoms with E-state index in [1.165, 1.54) is 6.33 Å². The topological polar surface area (TPSA) is 76.9 Å². The third kappa shape index (κ3) is 3.54. The number of hydrogen-bond acceptors (Lipinski definition) is 4. The van der Waals surface area contributed by atoms with Gasteiger partial charge in [0.25, 0.3) is 0 Å². The van der Waals surface area contributed by atoms with E-state index in [1.807, 2.05) is 6.07 Å². The Labute approximate surface area is 113 Å². The van der Waals surface area contributed by atoms with Gasteiger partial charge in [-0.25, -0.2) is 18.1 Å². The van der Waals surface area contributed by atoms with E-state index in [2.05, 4.69) is 30.7 Å². The van der Waals surface area contributed by atoms with E-state index in [-0.39, 0.29) is 4.66 Å². The lowest BCUT2D eigenvalue weighted by molar-refractivity contribution is 0.606. The van der Waals surface area contributed by atoms with Gasteiger partial charge in [-0.2, -0.15) is 5.10 Å². The van der Waals surface area contributed by atoms with Crippen LogP contribution in [-0.4, -0.2) is 27.8 Å². The van der Waals surface area contributed by atoms with E-state index in [0.29, 0.717) is 12.2 Å². The lowest BCUT2D eigenvalue weighted by Gasteiger charge is -2.07. The second-order valence-corrected chi connectivity index (χ2v) is 6.64. The Kier molecular flexibility index (Phi) is 3.97. The summed E-state index contributed by atoms with van der Waals surface area (Å²) in [7, 11) is -3.32. The van der Waals surface area contributed by atoms with Crippen LogP contribution in [0.4, 0.5) is 5.69 Å². The van der Waals surface area contributed by atoms with E-state index < -0.39 is 10.0 Å². The molecule has 1 aromatic carbocycles. The fourth-order valence-electron chi connectivity index (χ4n) is 1.44. The Morgan fingerprint density at radius 1 is 1.39 bits per heavy atom. The van der Waals surface area contributed by atoms with Gasteiger partial charge in [0, 0.05) is 5.69 Å². The Bertz CT molecular complexity index is 613. The predicted octanol–water partition coefficient (Wildman–Crippen LogP) is 1.42. The SMILES string of the molecule is O=S(=O)(CBr)Nc1cccc(Cn2cncn2)c1. The minimum Gasteiger partial charge on any atom is -0.283 e. The number of halogens is 1. The number of nitrogens with one attached hydrogen (secondary N) is 1. The summed E-state index contributed by atoms with van der Waals surface area (Å²) in [6.45, 7) is 0.546. The molecule has 2 aromatic rings. The summed E-state index contributed by atoms with van der Waals surface area (Å²) in [5.74, 6) is 0. The zero-order chi connectivity index (χ0) is 13.0. The minimum absolute atomic E-state index is 0.132. The standard InChI is InChI=1S/C10H11BrN4O2S/c11-6-18(16,17)14-10-3-1-2-9(4-10)5-15-8-12-7-13-15/h1-4,7-8,14H,5-6H2. The third-order valence-electron chi connectivity index (χ3n) is 2.16. The normalized spacial score (nSPS) is 11.4. The van der Waals surface area contributed by atoms with Crippen molar-refractivity contribution in [2.75, 3.05) is 9.38 Å². The highest BCUT2D eigenvalue weighted by Gasteiger charge is 2.07. The molecule has 0 unspecified atom stereocenters. The molecule has 1 aromatic heterocycles. The average molecular weight is 331 g/mol. The molecule has 2 rings (SSSR count). The lowest BCUT2D eigenvalue weighted by atomic mass is 10.2. The quantitative estimate of drug-likeness (QED) is 0.841. The number of rotatable bonds is 5. The minimum atomic E-state index is -3.32. The molecule has 0 radical (unpaired) electrons. The van der Waals surface area contributed by atoms with Gasteiger partial charge in [-0.05, 0) is 17.7 Å². The van der Waals surface area contributed by atoms with Crippen LogP contribution in [0.2, 0.25) is 0 Å². The van der Waals surface area contributed by atoms with Gasteiger partial charge in [0.2, 0.25) is 10.0 Å². The third-order valence-corrected chi connectivity index (χ3v) is 4.80. The molecule has 1 N–H and O–H groups in total. The second-order valence-electron chi connectivity index (χ2n) is 3.62. The van der Waals surface area contributed by atoms with Gasteiger partial charge >= 0.3 is 0 Å². The molecule has 0 amide bonds. The van der Waals surface area contributed by atoms with Crippen LogP contribution < -0.4 is 4.72 Å². The first-order chi connectivity index (χ1) is 8.59. The van der Waals surface area contributed by atoms with Crippen molar-refractivity contribution in [3.05, 3.63) is 42.5 Å². The van der Waals surface area contributed by atoms with E-state index in [1.54, 1.807) is 29.2 Å². The first kappa shape index (κ1) is 13.0. The van der Waals surface area contributed by atoms with Crippen molar-refractivity contribution in [1.29, 1.82) is 0 Å². The number of hydrogen-bond donors (Lipinski definition) is 1. The van der Waals surface area contributed by atoms with E-state index >= 15 is 0 Å². The number of anilines is 1. The fraction of sp³-hybridized carbons (Fsp3) is 0.200. The molecule has 0 saturated carbocycles. The van der Waals surface area contributed by atoms with Gasteiger partial charge in [0.1, 0.15) is 17.3 Å². The first-order valence-electron chi connectivity index (χ1n) is 5.07. The maximum atomic E-state index is 11.4. The van der Waals surface area contributed by atoms with Gasteiger partial charge in [0.15, 0.2) is 0 Å².